The van der Waals surface area contributed by atoms with Gasteiger partial charge in [0, 0.05) is 11.3 Å². The molecule has 0 N–H and O–H groups in total. The Kier molecular flexibility index (Phi) is 3.77. The lowest BCUT2D eigenvalue weighted by Gasteiger charge is -2.22. The zero-order valence-corrected chi connectivity index (χ0v) is 9.64. The second kappa shape index (κ2) is 4.65. The minimum atomic E-state index is 0.00927. The van der Waals surface area contributed by atoms with Gasteiger partial charge in [-0.3, -0.25) is 0 Å². The van der Waals surface area contributed by atoms with Gasteiger partial charge in [0.05, 0.1) is 0 Å². The number of aryl methyl sites for hydroxylation is 1. The molecular weight excluding hydrogens is 192 g/mol. The zero-order valence-electron chi connectivity index (χ0n) is 8.89. The minimum absolute atomic E-state index is 0.00927. The van der Waals surface area contributed by atoms with Gasteiger partial charge < -0.3 is 0 Å². The summed E-state index contributed by atoms with van der Waals surface area (Å²) in [5, 5.41) is 0. The molecule has 1 rings (SSSR count). The molecule has 0 aliphatic rings. The van der Waals surface area contributed by atoms with Crippen LogP contribution in [0.15, 0.2) is 36.9 Å². The maximum Gasteiger partial charge on any atom is 0.0315 e. The normalized spacial score (nSPS) is 14.8. The highest BCUT2D eigenvalue weighted by molar-refractivity contribution is 6.18. The Balaban J connectivity index is 2.82. The van der Waals surface area contributed by atoms with Crippen molar-refractivity contribution in [2.75, 3.05) is 5.88 Å². The average Bonchev–Trinajstić information content (AvgIpc) is 2.18. The predicted molar refractivity (Wildman–Crippen MR) is 63.9 cm³/mol. The summed E-state index contributed by atoms with van der Waals surface area (Å²) < 4.78 is 0. The van der Waals surface area contributed by atoms with E-state index in [0.29, 0.717) is 5.88 Å². The van der Waals surface area contributed by atoms with Crippen molar-refractivity contribution in [1.29, 1.82) is 0 Å². The first-order chi connectivity index (χ1) is 6.59. The highest BCUT2D eigenvalue weighted by Gasteiger charge is 2.19. The van der Waals surface area contributed by atoms with E-state index < -0.39 is 0 Å². The average molecular weight is 209 g/mol. The number of rotatable bonds is 4. The van der Waals surface area contributed by atoms with E-state index in [0.717, 1.165) is 6.42 Å². The van der Waals surface area contributed by atoms with Crippen LogP contribution in [0.2, 0.25) is 0 Å². The molecule has 0 aliphatic heterocycles. The summed E-state index contributed by atoms with van der Waals surface area (Å²) in [5.41, 5.74) is 2.63. The fraction of sp³-hybridized carbons (Fsp3) is 0.385. The van der Waals surface area contributed by atoms with Crippen LogP contribution in [0.4, 0.5) is 0 Å². The van der Waals surface area contributed by atoms with E-state index in [1.54, 1.807) is 0 Å². The Morgan fingerprint density at radius 3 is 2.71 bits per heavy atom. The largest absolute Gasteiger partial charge is 0.126 e. The molecule has 1 aromatic rings. The van der Waals surface area contributed by atoms with Gasteiger partial charge in [0.2, 0.25) is 0 Å². The highest BCUT2D eigenvalue weighted by Crippen LogP contribution is 2.25. The third-order valence-electron chi connectivity index (χ3n) is 2.49. The summed E-state index contributed by atoms with van der Waals surface area (Å²) in [6.45, 7) is 8.08. The van der Waals surface area contributed by atoms with Gasteiger partial charge >= 0.3 is 0 Å². The molecule has 0 bridgehead atoms. The SMILES string of the molecule is C=CC(C)(CCl)Cc1cccc(C)c1. The van der Waals surface area contributed by atoms with Crippen molar-refractivity contribution in [3.63, 3.8) is 0 Å². The van der Waals surface area contributed by atoms with Crippen LogP contribution in [-0.4, -0.2) is 5.88 Å². The molecule has 76 valence electrons. The van der Waals surface area contributed by atoms with Crippen LogP contribution in [0, 0.1) is 12.3 Å². The van der Waals surface area contributed by atoms with Crippen molar-refractivity contribution in [3.05, 3.63) is 48.0 Å². The van der Waals surface area contributed by atoms with Gasteiger partial charge in [-0.15, -0.1) is 18.2 Å². The number of allylic oxidation sites excluding steroid dienone is 1. The van der Waals surface area contributed by atoms with Crippen molar-refractivity contribution < 1.29 is 0 Å². The van der Waals surface area contributed by atoms with Crippen LogP contribution in [0.3, 0.4) is 0 Å². The van der Waals surface area contributed by atoms with E-state index in [9.17, 15) is 0 Å². The lowest BCUT2D eigenvalue weighted by molar-refractivity contribution is 0.486. The van der Waals surface area contributed by atoms with Gasteiger partial charge in [-0.2, -0.15) is 0 Å². The Hall–Kier alpha value is -0.750. The van der Waals surface area contributed by atoms with Crippen LogP contribution in [0.1, 0.15) is 18.1 Å². The van der Waals surface area contributed by atoms with Gasteiger partial charge in [-0.25, -0.2) is 0 Å². The molecule has 0 aliphatic carbocycles. The maximum absolute atomic E-state index is 5.93. The monoisotopic (exact) mass is 208 g/mol. The first kappa shape index (κ1) is 11.3. The third kappa shape index (κ3) is 2.88. The van der Waals surface area contributed by atoms with Gasteiger partial charge in [-0.05, 0) is 18.9 Å². The molecule has 1 atom stereocenters. The minimum Gasteiger partial charge on any atom is -0.126 e. The quantitative estimate of drug-likeness (QED) is 0.519. The van der Waals surface area contributed by atoms with Gasteiger partial charge in [0.1, 0.15) is 0 Å². The van der Waals surface area contributed by atoms with E-state index >= 15 is 0 Å². The number of hydrogen-bond donors (Lipinski definition) is 0. The summed E-state index contributed by atoms with van der Waals surface area (Å²) in [7, 11) is 0. The van der Waals surface area contributed by atoms with E-state index in [-0.39, 0.29) is 5.41 Å². The molecule has 1 aromatic carbocycles. The van der Waals surface area contributed by atoms with E-state index in [2.05, 4.69) is 44.7 Å². The molecule has 1 heteroatoms. The second-order valence-corrected chi connectivity index (χ2v) is 4.42. The van der Waals surface area contributed by atoms with Crippen LogP contribution in [0.25, 0.3) is 0 Å². The van der Waals surface area contributed by atoms with E-state index in [1.165, 1.54) is 11.1 Å². The van der Waals surface area contributed by atoms with Crippen molar-refractivity contribution in [1.82, 2.24) is 0 Å². The molecule has 14 heavy (non-hydrogen) atoms. The first-order valence-corrected chi connectivity index (χ1v) is 5.38. The van der Waals surface area contributed by atoms with Crippen molar-refractivity contribution in [3.8, 4) is 0 Å². The first-order valence-electron chi connectivity index (χ1n) is 4.85. The molecule has 0 nitrogen and oxygen atoms in total. The van der Waals surface area contributed by atoms with Gasteiger partial charge in [-0.1, -0.05) is 42.8 Å². The lowest BCUT2D eigenvalue weighted by atomic mass is 9.85. The summed E-state index contributed by atoms with van der Waals surface area (Å²) in [6.07, 6.45) is 2.91. The summed E-state index contributed by atoms with van der Waals surface area (Å²) in [6, 6.07) is 8.54. The number of alkyl halides is 1. The fourth-order valence-electron chi connectivity index (χ4n) is 1.46. The Morgan fingerprint density at radius 2 is 2.21 bits per heavy atom. The molecule has 0 fully saturated rings. The van der Waals surface area contributed by atoms with Crippen LogP contribution >= 0.6 is 11.6 Å². The molecule has 0 amide bonds. The van der Waals surface area contributed by atoms with Crippen molar-refractivity contribution in [2.24, 2.45) is 5.41 Å². The lowest BCUT2D eigenvalue weighted by Crippen LogP contribution is -2.18. The maximum atomic E-state index is 5.93. The molecule has 0 radical (unpaired) electrons. The number of halogens is 1. The van der Waals surface area contributed by atoms with E-state index in [4.69, 9.17) is 11.6 Å². The summed E-state index contributed by atoms with van der Waals surface area (Å²) in [4.78, 5) is 0. The molecule has 0 saturated carbocycles. The Morgan fingerprint density at radius 1 is 1.50 bits per heavy atom. The van der Waals surface area contributed by atoms with Crippen LogP contribution in [0.5, 0.6) is 0 Å². The van der Waals surface area contributed by atoms with Crippen LogP contribution < -0.4 is 0 Å². The molecule has 1 unspecified atom stereocenters. The molecular formula is C13H17Cl. The van der Waals surface area contributed by atoms with Gasteiger partial charge in [0.15, 0.2) is 0 Å². The Bertz CT molecular complexity index is 317. The third-order valence-corrected chi connectivity index (χ3v) is 3.10. The summed E-state index contributed by atoms with van der Waals surface area (Å²) in [5.74, 6) is 0.616. The van der Waals surface area contributed by atoms with Gasteiger partial charge in [0.25, 0.3) is 0 Å². The fourth-order valence-corrected chi connectivity index (χ4v) is 1.67. The standard InChI is InChI=1S/C13H17Cl/c1-4-13(3,10-14)9-12-7-5-6-11(2)8-12/h4-8H,1,9-10H2,2-3H3. The smallest absolute Gasteiger partial charge is 0.0315 e. The number of benzene rings is 1. The second-order valence-electron chi connectivity index (χ2n) is 4.16. The van der Waals surface area contributed by atoms with Crippen molar-refractivity contribution in [2.45, 2.75) is 20.3 Å². The van der Waals surface area contributed by atoms with Crippen LogP contribution in [-0.2, 0) is 6.42 Å². The Labute approximate surface area is 91.6 Å². The number of hydrogen-bond acceptors (Lipinski definition) is 0. The topological polar surface area (TPSA) is 0 Å². The molecule has 0 heterocycles. The highest BCUT2D eigenvalue weighted by atomic mass is 35.5. The molecule has 0 saturated heterocycles. The zero-order chi connectivity index (χ0) is 10.6. The van der Waals surface area contributed by atoms with E-state index in [1.807, 2.05) is 6.08 Å². The van der Waals surface area contributed by atoms with Crippen molar-refractivity contribution >= 4 is 11.6 Å². The summed E-state index contributed by atoms with van der Waals surface area (Å²) >= 11 is 5.93. The predicted octanol–water partition coefficient (Wildman–Crippen LogP) is 3.97. The molecule has 0 spiro atoms. The molecule has 0 aromatic heterocycles.